The minimum atomic E-state index is -0.150. The minimum absolute atomic E-state index is 0.00993. The Bertz CT molecular complexity index is 844. The maximum Gasteiger partial charge on any atom is 0.323 e. The predicted molar refractivity (Wildman–Crippen MR) is 118 cm³/mol. The van der Waals surface area contributed by atoms with Gasteiger partial charge >= 0.3 is 6.03 Å². The number of aromatic nitrogens is 2. The average molecular weight is 429 g/mol. The molecule has 9 heteroatoms. The van der Waals surface area contributed by atoms with E-state index in [2.05, 4.69) is 25.5 Å². The van der Waals surface area contributed by atoms with Crippen LogP contribution < -0.4 is 15.5 Å². The van der Waals surface area contributed by atoms with Gasteiger partial charge in [-0.15, -0.1) is 11.3 Å². The monoisotopic (exact) mass is 428 g/mol. The molecule has 3 heterocycles. The van der Waals surface area contributed by atoms with Gasteiger partial charge in [0.25, 0.3) is 0 Å². The van der Waals surface area contributed by atoms with Crippen LogP contribution in [0, 0.1) is 0 Å². The second-order valence-corrected chi connectivity index (χ2v) is 8.67. The molecule has 1 saturated carbocycles. The number of nitrogens with one attached hydrogen (secondary N) is 2. The summed E-state index contributed by atoms with van der Waals surface area (Å²) in [5.41, 5.74) is 0.698. The Morgan fingerprint density at radius 3 is 2.63 bits per heavy atom. The van der Waals surface area contributed by atoms with Crippen molar-refractivity contribution < 1.29 is 9.59 Å². The molecule has 0 spiro atoms. The molecule has 4 rings (SSSR count). The summed E-state index contributed by atoms with van der Waals surface area (Å²) in [6.45, 7) is 2.75. The van der Waals surface area contributed by atoms with Gasteiger partial charge in [-0.25, -0.2) is 14.8 Å². The third-order valence-corrected chi connectivity index (χ3v) is 6.42. The first-order valence-electron chi connectivity index (χ1n) is 10.6. The first-order valence-corrected chi connectivity index (χ1v) is 11.5. The van der Waals surface area contributed by atoms with Gasteiger partial charge in [-0.1, -0.05) is 25.3 Å². The van der Waals surface area contributed by atoms with Crippen LogP contribution in [-0.4, -0.2) is 59.0 Å². The number of carbonyl (C=O) groups is 2. The Morgan fingerprint density at radius 2 is 1.90 bits per heavy atom. The topological polar surface area (TPSA) is 90.5 Å². The summed E-state index contributed by atoms with van der Waals surface area (Å²) < 4.78 is 0. The zero-order chi connectivity index (χ0) is 20.8. The molecule has 0 atom stereocenters. The Morgan fingerprint density at radius 1 is 1.10 bits per heavy atom. The van der Waals surface area contributed by atoms with Crippen LogP contribution in [0.2, 0.25) is 0 Å². The lowest BCUT2D eigenvalue weighted by molar-refractivity contribution is -0.121. The van der Waals surface area contributed by atoms with Crippen molar-refractivity contribution in [3.05, 3.63) is 35.5 Å². The van der Waals surface area contributed by atoms with Gasteiger partial charge in [0.05, 0.1) is 12.1 Å². The van der Waals surface area contributed by atoms with Crippen molar-refractivity contribution in [3.8, 4) is 0 Å². The van der Waals surface area contributed by atoms with Gasteiger partial charge < -0.3 is 15.1 Å². The number of hydrogen-bond acceptors (Lipinski definition) is 6. The van der Waals surface area contributed by atoms with Crippen molar-refractivity contribution >= 4 is 34.2 Å². The molecule has 0 bridgehead atoms. The zero-order valence-electron chi connectivity index (χ0n) is 17.0. The second kappa shape index (κ2) is 9.88. The molecule has 0 aromatic carbocycles. The molecule has 2 fully saturated rings. The third kappa shape index (κ3) is 5.47. The molecule has 160 valence electrons. The normalized spacial score (nSPS) is 17.6. The van der Waals surface area contributed by atoms with Gasteiger partial charge in [0.1, 0.15) is 5.82 Å². The van der Waals surface area contributed by atoms with Crippen LogP contribution in [0.1, 0.15) is 37.8 Å². The van der Waals surface area contributed by atoms with E-state index in [0.29, 0.717) is 30.0 Å². The summed E-state index contributed by atoms with van der Waals surface area (Å²) in [6, 6.07) is 6.00. The number of rotatable bonds is 5. The summed E-state index contributed by atoms with van der Waals surface area (Å²) in [4.78, 5) is 37.6. The highest BCUT2D eigenvalue weighted by Crippen LogP contribution is 2.19. The number of urea groups is 1. The highest BCUT2D eigenvalue weighted by atomic mass is 32.1. The number of nitrogens with zero attached hydrogens (tertiary/aromatic N) is 4. The Kier molecular flexibility index (Phi) is 6.78. The summed E-state index contributed by atoms with van der Waals surface area (Å²) in [5, 5.41) is 8.35. The lowest BCUT2D eigenvalue weighted by Crippen LogP contribution is -2.50. The highest BCUT2D eigenvalue weighted by molar-refractivity contribution is 7.13. The molecular weight excluding hydrogens is 400 g/mol. The summed E-state index contributed by atoms with van der Waals surface area (Å²) in [7, 11) is 0. The number of piperazine rings is 1. The molecule has 8 nitrogen and oxygen atoms in total. The number of thiazole rings is 1. The van der Waals surface area contributed by atoms with Crippen LogP contribution in [0.15, 0.2) is 29.8 Å². The largest absolute Gasteiger partial charge is 0.353 e. The van der Waals surface area contributed by atoms with E-state index in [-0.39, 0.29) is 18.4 Å². The third-order valence-electron chi connectivity index (χ3n) is 5.62. The smallest absolute Gasteiger partial charge is 0.323 e. The van der Waals surface area contributed by atoms with E-state index in [9.17, 15) is 9.59 Å². The van der Waals surface area contributed by atoms with Crippen LogP contribution >= 0.6 is 11.3 Å². The van der Waals surface area contributed by atoms with Crippen LogP contribution in [0.25, 0.3) is 0 Å². The molecule has 3 amide bonds. The van der Waals surface area contributed by atoms with E-state index < -0.39 is 0 Å². The molecule has 2 aliphatic rings. The first-order chi connectivity index (χ1) is 14.7. The van der Waals surface area contributed by atoms with Crippen LogP contribution in [0.3, 0.4) is 0 Å². The van der Waals surface area contributed by atoms with Crippen molar-refractivity contribution in [2.75, 3.05) is 36.4 Å². The Hall–Kier alpha value is -2.68. The Labute approximate surface area is 180 Å². The fourth-order valence-electron chi connectivity index (χ4n) is 3.99. The van der Waals surface area contributed by atoms with E-state index in [1.165, 1.54) is 30.6 Å². The van der Waals surface area contributed by atoms with E-state index in [1.807, 2.05) is 23.6 Å². The molecule has 1 aliphatic heterocycles. The quantitative estimate of drug-likeness (QED) is 0.764. The number of pyridine rings is 1. The Balaban J connectivity index is 1.22. The number of anilines is 2. The van der Waals surface area contributed by atoms with Crippen molar-refractivity contribution in [3.63, 3.8) is 0 Å². The summed E-state index contributed by atoms with van der Waals surface area (Å²) >= 11 is 1.36. The molecule has 1 aliphatic carbocycles. The van der Waals surface area contributed by atoms with Crippen molar-refractivity contribution in [1.82, 2.24) is 20.2 Å². The van der Waals surface area contributed by atoms with Gasteiger partial charge in [-0.05, 0) is 25.0 Å². The molecule has 0 radical (unpaired) electrons. The summed E-state index contributed by atoms with van der Waals surface area (Å²) in [5.74, 6) is 0.948. The lowest BCUT2D eigenvalue weighted by atomic mass is 9.95. The molecular formula is C21H28N6O2S. The number of hydrogen-bond donors (Lipinski definition) is 2. The van der Waals surface area contributed by atoms with Gasteiger partial charge in [-0.2, -0.15) is 0 Å². The maximum atomic E-state index is 12.6. The summed E-state index contributed by atoms with van der Waals surface area (Å²) in [6.07, 6.45) is 7.81. The maximum absolute atomic E-state index is 12.6. The average Bonchev–Trinajstić information content (AvgIpc) is 3.21. The van der Waals surface area contributed by atoms with Crippen LogP contribution in [0.4, 0.5) is 15.7 Å². The van der Waals surface area contributed by atoms with Gasteiger partial charge in [-0.3, -0.25) is 10.1 Å². The molecule has 2 N–H and O–H groups in total. The van der Waals surface area contributed by atoms with Crippen LogP contribution in [-0.2, 0) is 11.2 Å². The van der Waals surface area contributed by atoms with E-state index in [0.717, 1.165) is 31.7 Å². The fourth-order valence-corrected chi connectivity index (χ4v) is 4.69. The van der Waals surface area contributed by atoms with E-state index in [1.54, 1.807) is 11.1 Å². The first kappa shape index (κ1) is 20.6. The zero-order valence-corrected chi connectivity index (χ0v) is 17.9. The number of carbonyl (C=O) groups excluding carboxylic acids is 2. The molecule has 0 unspecified atom stereocenters. The molecule has 2 aromatic rings. The standard InChI is InChI=1S/C21H28N6O2S/c28-19(23-16-6-2-1-3-7-16)14-17-15-30-20(24-17)25-21(29)27-12-10-26(11-13-27)18-8-4-5-9-22-18/h4-5,8-9,15-16H,1-3,6-7,10-14H2,(H,23,28)(H,24,25,29). The number of amides is 3. The SMILES string of the molecule is O=C(Cc1csc(NC(=O)N2CCN(c3ccccn3)CC2)n1)NC1CCCCC1. The highest BCUT2D eigenvalue weighted by Gasteiger charge is 2.23. The van der Waals surface area contributed by atoms with Crippen molar-refractivity contribution in [2.24, 2.45) is 0 Å². The van der Waals surface area contributed by atoms with Gasteiger partial charge in [0, 0.05) is 43.8 Å². The molecule has 1 saturated heterocycles. The predicted octanol–water partition coefficient (Wildman–Crippen LogP) is 2.88. The van der Waals surface area contributed by atoms with Crippen molar-refractivity contribution in [2.45, 2.75) is 44.6 Å². The minimum Gasteiger partial charge on any atom is -0.353 e. The van der Waals surface area contributed by atoms with Gasteiger partial charge in [0.15, 0.2) is 5.13 Å². The van der Waals surface area contributed by atoms with Crippen LogP contribution in [0.5, 0.6) is 0 Å². The molecule has 30 heavy (non-hydrogen) atoms. The second-order valence-electron chi connectivity index (χ2n) is 7.82. The van der Waals surface area contributed by atoms with E-state index in [4.69, 9.17) is 0 Å². The fraction of sp³-hybridized carbons (Fsp3) is 0.524. The van der Waals surface area contributed by atoms with Gasteiger partial charge in [0.2, 0.25) is 5.91 Å². The van der Waals surface area contributed by atoms with E-state index >= 15 is 0 Å². The lowest BCUT2D eigenvalue weighted by Gasteiger charge is -2.35. The molecule has 2 aromatic heterocycles. The van der Waals surface area contributed by atoms with Crippen molar-refractivity contribution in [1.29, 1.82) is 0 Å².